The number of aliphatic hydroxyl groups is 1. The summed E-state index contributed by atoms with van der Waals surface area (Å²) in [7, 11) is 0. The second-order valence-corrected chi connectivity index (χ2v) is 8.18. The van der Waals surface area contributed by atoms with Crippen LogP contribution < -0.4 is 21.7 Å². The van der Waals surface area contributed by atoms with E-state index in [1.807, 2.05) is 0 Å². The highest BCUT2D eigenvalue weighted by Gasteiger charge is 2.32. The zero-order valence-electron chi connectivity index (χ0n) is 19.5. The Labute approximate surface area is 201 Å². The summed E-state index contributed by atoms with van der Waals surface area (Å²) in [5.74, 6) is -3.83. The van der Waals surface area contributed by atoms with Crippen molar-refractivity contribution in [2.24, 2.45) is 11.7 Å². The molecule has 14 heteroatoms. The van der Waals surface area contributed by atoms with Crippen molar-refractivity contribution in [3.63, 3.8) is 0 Å². The second-order valence-electron chi connectivity index (χ2n) is 8.18. The molecule has 0 spiro atoms. The number of hydrogen-bond acceptors (Lipinski definition) is 8. The van der Waals surface area contributed by atoms with Crippen molar-refractivity contribution in [3.8, 4) is 0 Å². The van der Waals surface area contributed by atoms with E-state index in [-0.39, 0.29) is 18.8 Å². The molecular weight excluding hydrogens is 460 g/mol. The highest BCUT2D eigenvalue weighted by molar-refractivity contribution is 5.94. The number of carboxylic acids is 1. The van der Waals surface area contributed by atoms with E-state index >= 15 is 0 Å². The van der Waals surface area contributed by atoms with Crippen LogP contribution in [0.25, 0.3) is 0 Å². The Bertz CT molecular complexity index is 965. The van der Waals surface area contributed by atoms with Gasteiger partial charge in [0.1, 0.15) is 18.1 Å². The number of carbonyl (C=O) groups is 4. The van der Waals surface area contributed by atoms with Crippen molar-refractivity contribution in [1.29, 1.82) is 0 Å². The van der Waals surface area contributed by atoms with Crippen molar-refractivity contribution < 1.29 is 29.4 Å². The predicted octanol–water partition coefficient (Wildman–Crippen LogP) is -2.18. The average molecular weight is 493 g/mol. The normalized spacial score (nSPS) is 15.3. The minimum absolute atomic E-state index is 0.0359. The molecule has 14 nitrogen and oxygen atoms in total. The number of nitrogens with one attached hydrogen (secondary N) is 5. The van der Waals surface area contributed by atoms with E-state index in [4.69, 9.17) is 5.73 Å². The molecule has 0 aliphatic carbocycles. The van der Waals surface area contributed by atoms with Crippen LogP contribution in [0.2, 0.25) is 0 Å². The van der Waals surface area contributed by atoms with Gasteiger partial charge >= 0.3 is 5.97 Å². The third-order valence-corrected chi connectivity index (χ3v) is 5.53. The quantitative estimate of drug-likeness (QED) is 0.143. The van der Waals surface area contributed by atoms with Gasteiger partial charge in [-0.3, -0.25) is 14.4 Å². The first-order chi connectivity index (χ1) is 16.7. The van der Waals surface area contributed by atoms with E-state index in [9.17, 15) is 29.4 Å². The molecule has 0 radical (unpaired) electrons. The first-order valence-corrected chi connectivity index (χ1v) is 11.1. The van der Waals surface area contributed by atoms with Gasteiger partial charge in [-0.15, -0.1) is 0 Å². The maximum atomic E-state index is 12.9. The maximum absolute atomic E-state index is 12.9. The van der Waals surface area contributed by atoms with E-state index in [1.54, 1.807) is 13.8 Å². The zero-order valence-corrected chi connectivity index (χ0v) is 19.5. The Balaban J connectivity index is 2.04. The van der Waals surface area contributed by atoms with Crippen LogP contribution in [0.1, 0.15) is 31.7 Å². The lowest BCUT2D eigenvalue weighted by Gasteiger charge is -2.27. The smallest absolute Gasteiger partial charge is 0.326 e. The van der Waals surface area contributed by atoms with Gasteiger partial charge in [0.2, 0.25) is 17.7 Å². The van der Waals surface area contributed by atoms with Crippen LogP contribution in [0.3, 0.4) is 0 Å². The first kappa shape index (κ1) is 27.5. The minimum atomic E-state index is -1.37. The summed E-state index contributed by atoms with van der Waals surface area (Å²) in [6.45, 7) is 2.78. The van der Waals surface area contributed by atoms with Crippen molar-refractivity contribution in [1.82, 2.24) is 35.9 Å². The van der Waals surface area contributed by atoms with Crippen LogP contribution >= 0.6 is 0 Å². The fourth-order valence-corrected chi connectivity index (χ4v) is 3.23. The lowest BCUT2D eigenvalue weighted by molar-refractivity contribution is -0.142. The number of rotatable bonds is 14. The van der Waals surface area contributed by atoms with Crippen molar-refractivity contribution in [3.05, 3.63) is 36.4 Å². The average Bonchev–Trinajstić information content (AvgIpc) is 3.53. The molecule has 0 aliphatic heterocycles. The minimum Gasteiger partial charge on any atom is -0.480 e. The largest absolute Gasteiger partial charge is 0.480 e. The molecule has 0 saturated carbocycles. The number of amides is 3. The van der Waals surface area contributed by atoms with Gasteiger partial charge in [0.05, 0.1) is 25.3 Å². The molecule has 2 aromatic rings. The summed E-state index contributed by atoms with van der Waals surface area (Å²) in [4.78, 5) is 63.1. The van der Waals surface area contributed by atoms with Gasteiger partial charge in [0, 0.05) is 36.6 Å². The van der Waals surface area contributed by atoms with Gasteiger partial charge < -0.3 is 41.9 Å². The molecule has 0 saturated heterocycles. The third-order valence-electron chi connectivity index (χ3n) is 5.53. The molecule has 2 aromatic heterocycles. The SMILES string of the molecule is CCC(C)C(NC(=O)C(CO)NC(=O)C(N)Cc1cnc[nH]1)C(=O)NC(Cc1cnc[nH]1)C(=O)O. The molecule has 9 N–H and O–H groups in total. The molecule has 0 aromatic carbocycles. The Morgan fingerprint density at radius 2 is 1.51 bits per heavy atom. The van der Waals surface area contributed by atoms with Crippen LogP contribution in [0.15, 0.2) is 25.0 Å². The van der Waals surface area contributed by atoms with Crippen LogP contribution in [0, 0.1) is 5.92 Å². The summed E-state index contributed by atoms with van der Waals surface area (Å²) < 4.78 is 0. The van der Waals surface area contributed by atoms with Crippen LogP contribution in [0.4, 0.5) is 0 Å². The van der Waals surface area contributed by atoms with Gasteiger partial charge in [-0.2, -0.15) is 0 Å². The number of H-pyrrole nitrogens is 2. The molecule has 0 fully saturated rings. The van der Waals surface area contributed by atoms with E-state index in [2.05, 4.69) is 35.9 Å². The van der Waals surface area contributed by atoms with Gasteiger partial charge in [-0.05, 0) is 5.92 Å². The third kappa shape index (κ3) is 8.19. The number of aliphatic carboxylic acids is 1. The molecule has 2 rings (SSSR count). The number of hydrogen-bond donors (Lipinski definition) is 8. The van der Waals surface area contributed by atoms with Crippen molar-refractivity contribution in [2.45, 2.75) is 57.3 Å². The van der Waals surface area contributed by atoms with Crippen LogP contribution in [0.5, 0.6) is 0 Å². The number of carboxylic acid groups (broad SMARTS) is 1. The number of nitrogens with two attached hydrogens (primary N) is 1. The molecule has 5 unspecified atom stereocenters. The monoisotopic (exact) mass is 492 g/mol. The molecule has 3 amide bonds. The molecular formula is C21H32N8O6. The maximum Gasteiger partial charge on any atom is 0.326 e. The lowest BCUT2D eigenvalue weighted by atomic mass is 9.97. The zero-order chi connectivity index (χ0) is 26.0. The van der Waals surface area contributed by atoms with Crippen LogP contribution in [-0.2, 0) is 32.0 Å². The topological polar surface area (TPSA) is 228 Å². The number of aliphatic hydroxyl groups excluding tert-OH is 1. The van der Waals surface area contributed by atoms with Gasteiger partial charge in [0.25, 0.3) is 0 Å². The number of aromatic nitrogens is 4. The van der Waals surface area contributed by atoms with Gasteiger partial charge in [0.15, 0.2) is 0 Å². The predicted molar refractivity (Wildman–Crippen MR) is 123 cm³/mol. The number of nitrogens with zero attached hydrogens (tertiary/aromatic N) is 2. The lowest BCUT2D eigenvalue weighted by Crippen LogP contribution is -2.59. The van der Waals surface area contributed by atoms with Crippen LogP contribution in [-0.4, -0.2) is 84.6 Å². The fourth-order valence-electron chi connectivity index (χ4n) is 3.23. The number of aromatic amines is 2. The van der Waals surface area contributed by atoms with Crippen molar-refractivity contribution >= 4 is 23.7 Å². The molecule has 0 bridgehead atoms. The Morgan fingerprint density at radius 1 is 0.943 bits per heavy atom. The van der Waals surface area contributed by atoms with E-state index in [0.717, 1.165) is 0 Å². The Kier molecular flexibility index (Phi) is 10.4. The number of carbonyl (C=O) groups excluding carboxylic acids is 3. The molecule has 5 atom stereocenters. The Morgan fingerprint density at radius 3 is 2.00 bits per heavy atom. The molecule has 192 valence electrons. The van der Waals surface area contributed by atoms with Gasteiger partial charge in [-0.1, -0.05) is 20.3 Å². The number of imidazole rings is 2. The fraction of sp³-hybridized carbons (Fsp3) is 0.524. The summed E-state index contributed by atoms with van der Waals surface area (Å²) in [5.41, 5.74) is 7.00. The van der Waals surface area contributed by atoms with Crippen molar-refractivity contribution in [2.75, 3.05) is 6.61 Å². The molecule has 0 aliphatic rings. The van der Waals surface area contributed by atoms with E-state index in [1.165, 1.54) is 25.0 Å². The second kappa shape index (κ2) is 13.2. The highest BCUT2D eigenvalue weighted by Crippen LogP contribution is 2.10. The summed E-state index contributed by atoms with van der Waals surface area (Å²) >= 11 is 0. The van der Waals surface area contributed by atoms with E-state index < -0.39 is 54.5 Å². The highest BCUT2D eigenvalue weighted by atomic mass is 16.4. The summed E-state index contributed by atoms with van der Waals surface area (Å²) in [5, 5.41) is 26.5. The first-order valence-electron chi connectivity index (χ1n) is 11.1. The van der Waals surface area contributed by atoms with E-state index in [0.29, 0.717) is 17.8 Å². The standard InChI is InChI=1S/C21H32N8O6/c1-3-11(2)17(20(33)27-15(21(34)35)5-13-7-24-10-26-13)29-19(32)16(8-30)28-18(31)14(22)4-12-6-23-9-25-12/h6-7,9-11,14-17,30H,3-5,8,22H2,1-2H3,(H,23,25)(H,24,26)(H,27,33)(H,28,31)(H,29,32)(H,34,35). The van der Waals surface area contributed by atoms with Gasteiger partial charge in [-0.25, -0.2) is 14.8 Å². The summed E-state index contributed by atoms with van der Waals surface area (Å²) in [6, 6.07) is -4.75. The molecule has 35 heavy (non-hydrogen) atoms. The molecule has 2 heterocycles. The Hall–Kier alpha value is -3.78. The summed E-state index contributed by atoms with van der Waals surface area (Å²) in [6.07, 6.45) is 6.37.